The molecule has 1 aromatic heterocycles. The zero-order chi connectivity index (χ0) is 12.1. The quantitative estimate of drug-likeness (QED) is 0.570. The molecule has 0 atom stereocenters. The molecule has 0 saturated carbocycles. The van der Waals surface area contributed by atoms with Crippen molar-refractivity contribution in [3.63, 3.8) is 0 Å². The second-order valence-electron chi connectivity index (χ2n) is 4.01. The van der Waals surface area contributed by atoms with Gasteiger partial charge in [0.1, 0.15) is 0 Å². The Morgan fingerprint density at radius 2 is 1.94 bits per heavy atom. The molecular formula is C12H16O4. The molecule has 16 heavy (non-hydrogen) atoms. The summed E-state index contributed by atoms with van der Waals surface area (Å²) in [6.45, 7) is 4.10. The first-order valence-electron chi connectivity index (χ1n) is 5.26. The standard InChI is InChI=1S/C12H16O4/c1-8(2)4-5-9(13)10-6-7-11(16-10)12(14)15-3/h6-8H,4-5H2,1-3H3. The van der Waals surface area contributed by atoms with Gasteiger partial charge in [-0.1, -0.05) is 13.8 Å². The van der Waals surface area contributed by atoms with Gasteiger partial charge < -0.3 is 9.15 Å². The van der Waals surface area contributed by atoms with Crippen LogP contribution < -0.4 is 0 Å². The summed E-state index contributed by atoms with van der Waals surface area (Å²) in [6, 6.07) is 2.96. The smallest absolute Gasteiger partial charge is 0.373 e. The summed E-state index contributed by atoms with van der Waals surface area (Å²) < 4.78 is 9.59. The minimum atomic E-state index is -0.567. The monoisotopic (exact) mass is 224 g/mol. The fourth-order valence-corrected chi connectivity index (χ4v) is 1.24. The van der Waals surface area contributed by atoms with Crippen LogP contribution in [0.3, 0.4) is 0 Å². The minimum absolute atomic E-state index is 0.0652. The zero-order valence-electron chi connectivity index (χ0n) is 9.78. The summed E-state index contributed by atoms with van der Waals surface area (Å²) in [5.74, 6) is 0.113. The predicted molar refractivity (Wildman–Crippen MR) is 58.5 cm³/mol. The van der Waals surface area contributed by atoms with E-state index in [9.17, 15) is 9.59 Å². The molecule has 4 nitrogen and oxygen atoms in total. The fourth-order valence-electron chi connectivity index (χ4n) is 1.24. The highest BCUT2D eigenvalue weighted by molar-refractivity contribution is 5.95. The third-order valence-electron chi connectivity index (χ3n) is 2.22. The average molecular weight is 224 g/mol. The van der Waals surface area contributed by atoms with Crippen LogP contribution in [0, 0.1) is 5.92 Å². The van der Waals surface area contributed by atoms with Crippen LogP contribution in [0.15, 0.2) is 16.5 Å². The van der Waals surface area contributed by atoms with E-state index in [2.05, 4.69) is 18.6 Å². The fraction of sp³-hybridized carbons (Fsp3) is 0.500. The Morgan fingerprint density at radius 3 is 2.50 bits per heavy atom. The lowest BCUT2D eigenvalue weighted by Crippen LogP contribution is -2.01. The topological polar surface area (TPSA) is 56.5 Å². The van der Waals surface area contributed by atoms with E-state index in [4.69, 9.17) is 4.42 Å². The van der Waals surface area contributed by atoms with Crippen LogP contribution in [0.1, 0.15) is 47.8 Å². The lowest BCUT2D eigenvalue weighted by Gasteiger charge is -2.01. The highest BCUT2D eigenvalue weighted by Gasteiger charge is 2.15. The second kappa shape index (κ2) is 5.49. The Morgan fingerprint density at radius 1 is 1.31 bits per heavy atom. The van der Waals surface area contributed by atoms with E-state index >= 15 is 0 Å². The number of furan rings is 1. The van der Waals surface area contributed by atoms with E-state index in [0.29, 0.717) is 12.3 Å². The number of methoxy groups -OCH3 is 1. The molecule has 0 aromatic carbocycles. The van der Waals surface area contributed by atoms with Crippen LogP contribution in [-0.2, 0) is 4.74 Å². The first kappa shape index (κ1) is 12.5. The van der Waals surface area contributed by atoms with Gasteiger partial charge in [0, 0.05) is 6.42 Å². The Bertz CT molecular complexity index is 376. The van der Waals surface area contributed by atoms with Crippen molar-refractivity contribution in [3.05, 3.63) is 23.7 Å². The van der Waals surface area contributed by atoms with Crippen molar-refractivity contribution in [2.75, 3.05) is 7.11 Å². The molecule has 4 heteroatoms. The zero-order valence-corrected chi connectivity index (χ0v) is 9.78. The third kappa shape index (κ3) is 3.22. The SMILES string of the molecule is COC(=O)c1ccc(C(=O)CCC(C)C)o1. The van der Waals surface area contributed by atoms with Gasteiger partial charge >= 0.3 is 5.97 Å². The molecular weight excluding hydrogens is 208 g/mol. The van der Waals surface area contributed by atoms with E-state index in [1.54, 1.807) is 0 Å². The number of ether oxygens (including phenoxy) is 1. The first-order chi connectivity index (χ1) is 7.54. The van der Waals surface area contributed by atoms with Gasteiger partial charge in [-0.3, -0.25) is 4.79 Å². The van der Waals surface area contributed by atoms with Gasteiger partial charge in [0.15, 0.2) is 11.5 Å². The number of Topliss-reactive ketones (excluding diaryl/α,β-unsaturated/α-hetero) is 1. The number of hydrogen-bond acceptors (Lipinski definition) is 4. The van der Waals surface area contributed by atoms with Crippen molar-refractivity contribution in [2.24, 2.45) is 5.92 Å². The summed E-state index contributed by atoms with van der Waals surface area (Å²) in [5.41, 5.74) is 0. The first-order valence-corrected chi connectivity index (χ1v) is 5.26. The lowest BCUT2D eigenvalue weighted by molar-refractivity contribution is 0.0563. The Hall–Kier alpha value is -1.58. The maximum atomic E-state index is 11.6. The molecule has 0 aliphatic rings. The summed E-state index contributed by atoms with van der Waals surface area (Å²) in [4.78, 5) is 22.7. The van der Waals surface area contributed by atoms with Gasteiger partial charge in [-0.15, -0.1) is 0 Å². The van der Waals surface area contributed by atoms with Gasteiger partial charge in [-0.2, -0.15) is 0 Å². The normalized spacial score (nSPS) is 10.5. The van der Waals surface area contributed by atoms with E-state index in [0.717, 1.165) is 6.42 Å². The van der Waals surface area contributed by atoms with Crippen molar-refractivity contribution in [2.45, 2.75) is 26.7 Å². The van der Waals surface area contributed by atoms with Gasteiger partial charge in [-0.05, 0) is 24.5 Å². The minimum Gasteiger partial charge on any atom is -0.463 e. The molecule has 0 amide bonds. The summed E-state index contributed by atoms with van der Waals surface area (Å²) in [6.07, 6.45) is 1.25. The van der Waals surface area contributed by atoms with Crippen molar-refractivity contribution < 1.29 is 18.7 Å². The van der Waals surface area contributed by atoms with Crippen molar-refractivity contribution in [3.8, 4) is 0 Å². The lowest BCUT2D eigenvalue weighted by atomic mass is 10.1. The van der Waals surface area contributed by atoms with Crippen molar-refractivity contribution in [1.29, 1.82) is 0 Å². The van der Waals surface area contributed by atoms with Crippen molar-refractivity contribution in [1.82, 2.24) is 0 Å². The summed E-state index contributed by atoms with van der Waals surface area (Å²) >= 11 is 0. The maximum absolute atomic E-state index is 11.6. The molecule has 0 bridgehead atoms. The van der Waals surface area contributed by atoms with E-state index in [-0.39, 0.29) is 17.3 Å². The van der Waals surface area contributed by atoms with E-state index in [1.165, 1.54) is 19.2 Å². The molecule has 0 fully saturated rings. The number of carbonyl (C=O) groups is 2. The number of hydrogen-bond donors (Lipinski definition) is 0. The van der Waals surface area contributed by atoms with Gasteiger partial charge in [0.05, 0.1) is 7.11 Å². The van der Waals surface area contributed by atoms with Crippen LogP contribution in [0.5, 0.6) is 0 Å². The third-order valence-corrected chi connectivity index (χ3v) is 2.22. The number of carbonyl (C=O) groups excluding carboxylic acids is 2. The summed E-state index contributed by atoms with van der Waals surface area (Å²) in [7, 11) is 1.27. The maximum Gasteiger partial charge on any atom is 0.373 e. The highest BCUT2D eigenvalue weighted by atomic mass is 16.5. The van der Waals surface area contributed by atoms with Crippen LogP contribution in [0.2, 0.25) is 0 Å². The van der Waals surface area contributed by atoms with Crippen LogP contribution in [0.4, 0.5) is 0 Å². The molecule has 0 saturated heterocycles. The molecule has 1 rings (SSSR count). The molecule has 1 heterocycles. The Balaban J connectivity index is 2.63. The molecule has 88 valence electrons. The van der Waals surface area contributed by atoms with Crippen LogP contribution in [-0.4, -0.2) is 18.9 Å². The van der Waals surface area contributed by atoms with Gasteiger partial charge in [0.2, 0.25) is 5.76 Å². The molecule has 0 aliphatic carbocycles. The number of rotatable bonds is 5. The molecule has 0 aliphatic heterocycles. The molecule has 1 aromatic rings. The average Bonchev–Trinajstić information content (AvgIpc) is 2.74. The van der Waals surface area contributed by atoms with Crippen molar-refractivity contribution >= 4 is 11.8 Å². The second-order valence-corrected chi connectivity index (χ2v) is 4.01. The molecule has 0 spiro atoms. The largest absolute Gasteiger partial charge is 0.463 e. The Labute approximate surface area is 94.6 Å². The Kier molecular flexibility index (Phi) is 4.28. The highest BCUT2D eigenvalue weighted by Crippen LogP contribution is 2.14. The van der Waals surface area contributed by atoms with Crippen LogP contribution in [0.25, 0.3) is 0 Å². The van der Waals surface area contributed by atoms with Crippen LogP contribution >= 0.6 is 0 Å². The number of esters is 1. The molecule has 0 unspecified atom stereocenters. The van der Waals surface area contributed by atoms with E-state index < -0.39 is 5.97 Å². The van der Waals surface area contributed by atoms with E-state index in [1.807, 2.05) is 0 Å². The molecule has 0 radical (unpaired) electrons. The summed E-state index contributed by atoms with van der Waals surface area (Å²) in [5, 5.41) is 0. The van der Waals surface area contributed by atoms with Gasteiger partial charge in [0.25, 0.3) is 0 Å². The number of ketones is 1. The van der Waals surface area contributed by atoms with Gasteiger partial charge in [-0.25, -0.2) is 4.79 Å². The molecule has 0 N–H and O–H groups in total. The predicted octanol–water partition coefficient (Wildman–Crippen LogP) is 2.69.